The van der Waals surface area contributed by atoms with E-state index in [0.717, 1.165) is 0 Å². The van der Waals surface area contributed by atoms with Crippen molar-refractivity contribution in [3.05, 3.63) is 58.9 Å². The SMILES string of the molecule is COc1ccc(-c2ccc(/C=N\n3cnnc3)o2)cc1[N+](=O)[O-]. The molecule has 2 aromatic heterocycles. The molecule has 9 heteroatoms. The van der Waals surface area contributed by atoms with Gasteiger partial charge in [0.05, 0.1) is 18.2 Å². The van der Waals surface area contributed by atoms with Crippen molar-refractivity contribution in [3.8, 4) is 17.1 Å². The van der Waals surface area contributed by atoms with E-state index in [0.29, 0.717) is 17.1 Å². The Morgan fingerprint density at radius 1 is 1.30 bits per heavy atom. The van der Waals surface area contributed by atoms with E-state index < -0.39 is 4.92 Å². The molecule has 23 heavy (non-hydrogen) atoms. The van der Waals surface area contributed by atoms with Crippen LogP contribution in [0.15, 0.2) is 52.5 Å². The van der Waals surface area contributed by atoms with E-state index in [-0.39, 0.29) is 11.4 Å². The lowest BCUT2D eigenvalue weighted by Crippen LogP contribution is -1.93. The molecule has 0 radical (unpaired) electrons. The predicted molar refractivity (Wildman–Crippen MR) is 80.4 cm³/mol. The summed E-state index contributed by atoms with van der Waals surface area (Å²) in [5.74, 6) is 1.17. The number of nitro groups is 1. The molecule has 0 unspecified atom stereocenters. The summed E-state index contributed by atoms with van der Waals surface area (Å²) in [7, 11) is 1.38. The quantitative estimate of drug-likeness (QED) is 0.406. The van der Waals surface area contributed by atoms with Crippen LogP contribution in [-0.2, 0) is 0 Å². The second-order valence-electron chi connectivity index (χ2n) is 4.43. The maximum Gasteiger partial charge on any atom is 0.311 e. The number of hydrogen-bond donors (Lipinski definition) is 0. The fourth-order valence-corrected chi connectivity index (χ4v) is 1.94. The van der Waals surface area contributed by atoms with E-state index in [1.807, 2.05) is 0 Å². The Morgan fingerprint density at radius 3 is 2.78 bits per heavy atom. The first-order chi connectivity index (χ1) is 11.2. The van der Waals surface area contributed by atoms with E-state index in [2.05, 4.69) is 15.3 Å². The van der Waals surface area contributed by atoms with Crippen LogP contribution in [0.3, 0.4) is 0 Å². The van der Waals surface area contributed by atoms with Crippen molar-refractivity contribution in [1.29, 1.82) is 0 Å². The first-order valence-corrected chi connectivity index (χ1v) is 6.49. The second kappa shape index (κ2) is 6.10. The highest BCUT2D eigenvalue weighted by Crippen LogP contribution is 2.32. The van der Waals surface area contributed by atoms with E-state index in [1.54, 1.807) is 18.2 Å². The van der Waals surface area contributed by atoms with E-state index in [9.17, 15) is 10.1 Å². The number of ether oxygens (including phenoxy) is 1. The van der Waals surface area contributed by atoms with Gasteiger partial charge in [-0.25, -0.2) is 4.68 Å². The van der Waals surface area contributed by atoms with Crippen molar-refractivity contribution >= 4 is 11.9 Å². The van der Waals surface area contributed by atoms with Gasteiger partial charge in [-0.05, 0) is 24.3 Å². The molecule has 1 aromatic carbocycles. The van der Waals surface area contributed by atoms with Gasteiger partial charge in [0.15, 0.2) is 5.75 Å². The van der Waals surface area contributed by atoms with Gasteiger partial charge in [0.25, 0.3) is 0 Å². The predicted octanol–water partition coefficient (Wildman–Crippen LogP) is 2.34. The third-order valence-electron chi connectivity index (χ3n) is 3.01. The zero-order chi connectivity index (χ0) is 16.2. The fourth-order valence-electron chi connectivity index (χ4n) is 1.94. The van der Waals surface area contributed by atoms with Gasteiger partial charge < -0.3 is 9.15 Å². The van der Waals surface area contributed by atoms with Crippen LogP contribution in [0.2, 0.25) is 0 Å². The maximum absolute atomic E-state index is 11.1. The minimum atomic E-state index is -0.500. The standard InChI is InChI=1S/C14H11N5O4/c1-22-14-4-2-10(6-12(14)19(20)21)13-5-3-11(23-13)7-17-18-8-15-16-9-18/h2-9H,1H3/b17-7-. The number of furan rings is 1. The molecule has 0 aliphatic carbocycles. The molecule has 2 heterocycles. The summed E-state index contributed by atoms with van der Waals surface area (Å²) in [6.07, 6.45) is 4.37. The fraction of sp³-hybridized carbons (Fsp3) is 0.0714. The number of benzene rings is 1. The third kappa shape index (κ3) is 3.07. The number of rotatable bonds is 5. The summed E-state index contributed by atoms with van der Waals surface area (Å²) in [4.78, 5) is 10.6. The zero-order valence-corrected chi connectivity index (χ0v) is 12.0. The smallest absolute Gasteiger partial charge is 0.311 e. The molecule has 0 saturated carbocycles. The van der Waals surface area contributed by atoms with Crippen molar-refractivity contribution in [2.24, 2.45) is 5.10 Å². The number of nitrogens with zero attached hydrogens (tertiary/aromatic N) is 5. The van der Waals surface area contributed by atoms with Gasteiger partial charge in [-0.15, -0.1) is 10.2 Å². The number of methoxy groups -OCH3 is 1. The normalized spacial score (nSPS) is 11.0. The van der Waals surface area contributed by atoms with Crippen molar-refractivity contribution < 1.29 is 14.1 Å². The monoisotopic (exact) mass is 313 g/mol. The summed E-state index contributed by atoms with van der Waals surface area (Å²) in [5.41, 5.74) is 0.447. The van der Waals surface area contributed by atoms with Gasteiger partial charge in [0.1, 0.15) is 24.2 Å². The minimum absolute atomic E-state index is 0.124. The van der Waals surface area contributed by atoms with Gasteiger partial charge in [-0.1, -0.05) is 0 Å². The molecule has 0 fully saturated rings. The van der Waals surface area contributed by atoms with Crippen LogP contribution in [0.25, 0.3) is 11.3 Å². The molecule has 0 N–H and O–H groups in total. The van der Waals surface area contributed by atoms with Crippen LogP contribution >= 0.6 is 0 Å². The Bertz CT molecular complexity index is 854. The molecule has 0 aliphatic rings. The van der Waals surface area contributed by atoms with Crippen LogP contribution in [-0.4, -0.2) is 33.1 Å². The van der Waals surface area contributed by atoms with Crippen LogP contribution < -0.4 is 4.74 Å². The molecule has 0 amide bonds. The molecule has 0 spiro atoms. The highest BCUT2D eigenvalue weighted by Gasteiger charge is 2.17. The first-order valence-electron chi connectivity index (χ1n) is 6.49. The van der Waals surface area contributed by atoms with Gasteiger partial charge in [0.2, 0.25) is 0 Å². The van der Waals surface area contributed by atoms with Gasteiger partial charge in [0, 0.05) is 11.6 Å². The maximum atomic E-state index is 11.1. The average molecular weight is 313 g/mol. The zero-order valence-electron chi connectivity index (χ0n) is 12.0. The molecule has 0 saturated heterocycles. The average Bonchev–Trinajstić information content (AvgIpc) is 3.23. The van der Waals surface area contributed by atoms with Gasteiger partial charge >= 0.3 is 5.69 Å². The topological polar surface area (TPSA) is 109 Å². The number of aromatic nitrogens is 3. The molecule has 9 nitrogen and oxygen atoms in total. The molecule has 0 aliphatic heterocycles. The van der Waals surface area contributed by atoms with Crippen molar-refractivity contribution in [2.75, 3.05) is 7.11 Å². The molecule has 0 atom stereocenters. The highest BCUT2D eigenvalue weighted by molar-refractivity contribution is 5.77. The Labute approximate surface area is 130 Å². The Kier molecular flexibility index (Phi) is 3.83. The van der Waals surface area contributed by atoms with Crippen LogP contribution in [0.1, 0.15) is 5.76 Å². The van der Waals surface area contributed by atoms with Crippen LogP contribution in [0.5, 0.6) is 5.75 Å². The minimum Gasteiger partial charge on any atom is -0.490 e. The highest BCUT2D eigenvalue weighted by atomic mass is 16.6. The van der Waals surface area contributed by atoms with Crippen molar-refractivity contribution in [3.63, 3.8) is 0 Å². The summed E-state index contributed by atoms with van der Waals surface area (Å²) in [6.45, 7) is 0. The Balaban J connectivity index is 1.88. The number of nitro benzene ring substituents is 1. The molecular formula is C14H11N5O4. The molecule has 3 aromatic rings. The first kappa shape index (κ1) is 14.4. The summed E-state index contributed by atoms with van der Waals surface area (Å²) >= 11 is 0. The molecule has 3 rings (SSSR count). The molecule has 0 bridgehead atoms. The van der Waals surface area contributed by atoms with Gasteiger partial charge in [-0.2, -0.15) is 5.10 Å². The molecular weight excluding hydrogens is 302 g/mol. The lowest BCUT2D eigenvalue weighted by molar-refractivity contribution is -0.385. The molecule has 116 valence electrons. The third-order valence-corrected chi connectivity index (χ3v) is 3.01. The van der Waals surface area contributed by atoms with Crippen molar-refractivity contribution in [2.45, 2.75) is 0 Å². The number of hydrogen-bond acceptors (Lipinski definition) is 7. The lowest BCUT2D eigenvalue weighted by Gasteiger charge is -2.03. The summed E-state index contributed by atoms with van der Waals surface area (Å²) in [6, 6.07) is 8.03. The van der Waals surface area contributed by atoms with Crippen molar-refractivity contribution in [1.82, 2.24) is 14.9 Å². The lowest BCUT2D eigenvalue weighted by atomic mass is 10.1. The van der Waals surface area contributed by atoms with E-state index >= 15 is 0 Å². The second-order valence-corrected chi connectivity index (χ2v) is 4.43. The van der Waals surface area contributed by atoms with Crippen LogP contribution in [0.4, 0.5) is 5.69 Å². The largest absolute Gasteiger partial charge is 0.490 e. The summed E-state index contributed by atoms with van der Waals surface area (Å²) in [5, 5.41) is 22.4. The van der Waals surface area contributed by atoms with E-state index in [4.69, 9.17) is 9.15 Å². The Hall–Kier alpha value is -3.49. The summed E-state index contributed by atoms with van der Waals surface area (Å²) < 4.78 is 12.0. The van der Waals surface area contributed by atoms with Gasteiger partial charge in [-0.3, -0.25) is 10.1 Å². The van der Waals surface area contributed by atoms with E-state index in [1.165, 1.54) is 42.8 Å². The van der Waals surface area contributed by atoms with Crippen LogP contribution in [0, 0.1) is 10.1 Å². The Morgan fingerprint density at radius 2 is 2.09 bits per heavy atom.